The van der Waals surface area contributed by atoms with Gasteiger partial charge in [0.2, 0.25) is 0 Å². The maximum absolute atomic E-state index is 9.19. The monoisotopic (exact) mass is 680 g/mol. The second-order valence-corrected chi connectivity index (χ2v) is 12.8. The van der Waals surface area contributed by atoms with E-state index in [9.17, 15) is 5.41 Å². The van der Waals surface area contributed by atoms with Gasteiger partial charge in [0.25, 0.3) is 0 Å². The fraction of sp³-hybridized carbons (Fsp3) is 0. The number of allylic oxidation sites excluding steroid dienone is 1. The molecule has 1 aliphatic rings. The summed E-state index contributed by atoms with van der Waals surface area (Å²) >= 11 is 0. The molecule has 6 heteroatoms. The van der Waals surface area contributed by atoms with E-state index in [-0.39, 0.29) is 0 Å². The molecule has 0 unspecified atom stereocenters. The number of hydrogen-bond acceptors (Lipinski definition) is 6. The summed E-state index contributed by atoms with van der Waals surface area (Å²) in [5.41, 5.74) is 13.9. The molecule has 0 aliphatic heterocycles. The van der Waals surface area contributed by atoms with Crippen LogP contribution in [0, 0.1) is 5.41 Å². The lowest BCUT2D eigenvalue weighted by molar-refractivity contribution is 1.07. The van der Waals surface area contributed by atoms with Crippen molar-refractivity contribution in [3.05, 3.63) is 187 Å². The summed E-state index contributed by atoms with van der Waals surface area (Å²) in [4.78, 5) is 15.0. The van der Waals surface area contributed by atoms with E-state index in [0.29, 0.717) is 28.9 Å². The first-order valence-corrected chi connectivity index (χ1v) is 17.5. The molecule has 2 N–H and O–H groups in total. The first kappa shape index (κ1) is 31.7. The van der Waals surface area contributed by atoms with Gasteiger partial charge in [-0.3, -0.25) is 10.8 Å². The Labute approximate surface area is 307 Å². The molecule has 0 amide bonds. The highest BCUT2D eigenvalue weighted by atomic mass is 15.3. The second-order valence-electron chi connectivity index (χ2n) is 12.8. The number of nitrogens with one attached hydrogen (secondary N) is 2. The summed E-state index contributed by atoms with van der Waals surface area (Å²) in [5.74, 6) is 1.83. The summed E-state index contributed by atoms with van der Waals surface area (Å²) in [5, 5.41) is 15.8. The van der Waals surface area contributed by atoms with E-state index >= 15 is 0 Å². The van der Waals surface area contributed by atoms with Crippen LogP contribution in [-0.4, -0.2) is 26.4 Å². The van der Waals surface area contributed by atoms with Gasteiger partial charge in [0, 0.05) is 22.3 Å². The number of benzene rings is 7. The van der Waals surface area contributed by atoms with Gasteiger partial charge in [-0.1, -0.05) is 152 Å². The predicted molar refractivity (Wildman–Crippen MR) is 218 cm³/mol. The van der Waals surface area contributed by atoms with Crippen LogP contribution in [0.5, 0.6) is 0 Å². The van der Waals surface area contributed by atoms with Crippen LogP contribution in [0.2, 0.25) is 0 Å². The number of anilines is 1. The first-order valence-electron chi connectivity index (χ1n) is 17.5. The molecular formula is C47H32N6. The Balaban J connectivity index is 1.09. The van der Waals surface area contributed by atoms with Gasteiger partial charge in [0.15, 0.2) is 17.5 Å². The number of rotatable bonds is 7. The van der Waals surface area contributed by atoms with Crippen LogP contribution >= 0.6 is 0 Å². The third-order valence-electron chi connectivity index (χ3n) is 9.43. The highest BCUT2D eigenvalue weighted by Gasteiger charge is 2.20. The minimum Gasteiger partial charge on any atom is -0.298 e. The minimum absolute atomic E-state index is 0.380. The normalized spacial score (nSPS) is 12.9. The quantitative estimate of drug-likeness (QED) is 0.164. The fourth-order valence-corrected chi connectivity index (χ4v) is 6.68. The van der Waals surface area contributed by atoms with Crippen molar-refractivity contribution in [3.8, 4) is 56.4 Å². The maximum Gasteiger partial charge on any atom is 0.164 e. The van der Waals surface area contributed by atoms with Crippen LogP contribution in [0.3, 0.4) is 0 Å². The molecule has 9 rings (SSSR count). The Morgan fingerprint density at radius 2 is 0.943 bits per heavy atom. The maximum atomic E-state index is 9.19. The second kappa shape index (κ2) is 13.8. The lowest BCUT2D eigenvalue weighted by Gasteiger charge is -2.17. The Bertz CT molecular complexity index is 2680. The molecule has 8 aromatic rings. The Kier molecular flexibility index (Phi) is 8.23. The molecule has 1 aromatic heterocycles. The van der Waals surface area contributed by atoms with Gasteiger partial charge in [-0.2, -0.15) is 5.10 Å². The molecular weight excluding hydrogens is 649 g/mol. The topological polar surface area (TPSA) is 86.9 Å². The number of para-hydroxylation sites is 1. The highest BCUT2D eigenvalue weighted by molar-refractivity contribution is 6.55. The molecule has 0 bridgehead atoms. The van der Waals surface area contributed by atoms with Crippen molar-refractivity contribution in [3.63, 3.8) is 0 Å². The smallest absolute Gasteiger partial charge is 0.164 e. The molecule has 53 heavy (non-hydrogen) atoms. The van der Waals surface area contributed by atoms with Crippen LogP contribution in [0.15, 0.2) is 181 Å². The number of aromatic nitrogens is 3. The third kappa shape index (κ3) is 6.41. The van der Waals surface area contributed by atoms with E-state index < -0.39 is 0 Å². The molecule has 0 saturated carbocycles. The average Bonchev–Trinajstić information content (AvgIpc) is 3.24. The van der Waals surface area contributed by atoms with Gasteiger partial charge < -0.3 is 0 Å². The predicted octanol–water partition coefficient (Wildman–Crippen LogP) is 11.2. The van der Waals surface area contributed by atoms with E-state index in [0.717, 1.165) is 66.5 Å². The van der Waals surface area contributed by atoms with Crippen molar-refractivity contribution in [2.45, 2.75) is 0 Å². The van der Waals surface area contributed by atoms with Crippen molar-refractivity contribution in [1.82, 2.24) is 15.0 Å². The lowest BCUT2D eigenvalue weighted by Crippen LogP contribution is -2.18. The molecule has 0 atom stereocenters. The van der Waals surface area contributed by atoms with E-state index in [1.54, 1.807) is 0 Å². The van der Waals surface area contributed by atoms with Crippen LogP contribution in [0.4, 0.5) is 5.69 Å². The van der Waals surface area contributed by atoms with Crippen molar-refractivity contribution in [2.24, 2.45) is 5.10 Å². The van der Waals surface area contributed by atoms with Crippen LogP contribution in [0.25, 0.3) is 73.3 Å². The number of hydrogen-bond donors (Lipinski definition) is 2. The molecule has 6 nitrogen and oxygen atoms in total. The Morgan fingerprint density at radius 1 is 0.434 bits per heavy atom. The zero-order valence-electron chi connectivity index (χ0n) is 28.6. The number of fused-ring (bicyclic) bond motifs is 3. The Hall–Kier alpha value is -7.31. The fourth-order valence-electron chi connectivity index (χ4n) is 6.68. The minimum atomic E-state index is 0.380. The third-order valence-corrected chi connectivity index (χ3v) is 9.43. The molecule has 0 radical (unpaired) electrons. The standard InChI is InChI=1S/C47H32N6/c48-44-42(53-52-40-17-8-3-9-18-40)28-27-34-23-21-33-22-26-38(30-41(33)43(34)44)37-15-10-16-39(29-37)47-50-45(35-13-6-2-7-14-35)49-46(51-47)36-24-19-32(20-25-36)31-11-4-1-5-12-31/h1-30,48,52H/b48-44?,53-42-. The summed E-state index contributed by atoms with van der Waals surface area (Å²) in [7, 11) is 0. The van der Waals surface area contributed by atoms with Gasteiger partial charge in [-0.05, 0) is 68.9 Å². The van der Waals surface area contributed by atoms with Crippen molar-refractivity contribution >= 4 is 34.0 Å². The Morgan fingerprint density at radius 3 is 1.66 bits per heavy atom. The van der Waals surface area contributed by atoms with Gasteiger partial charge >= 0.3 is 0 Å². The zero-order valence-corrected chi connectivity index (χ0v) is 28.6. The summed E-state index contributed by atoms with van der Waals surface area (Å²) in [6, 6.07) is 57.4. The van der Waals surface area contributed by atoms with E-state index in [2.05, 4.69) is 89.4 Å². The molecule has 7 aromatic carbocycles. The van der Waals surface area contributed by atoms with Crippen LogP contribution in [-0.2, 0) is 0 Å². The van der Waals surface area contributed by atoms with Crippen LogP contribution < -0.4 is 5.43 Å². The van der Waals surface area contributed by atoms with Crippen LogP contribution in [0.1, 0.15) is 11.1 Å². The average molecular weight is 681 g/mol. The van der Waals surface area contributed by atoms with E-state index in [1.165, 1.54) is 0 Å². The van der Waals surface area contributed by atoms with Crippen molar-refractivity contribution in [2.75, 3.05) is 5.43 Å². The zero-order chi connectivity index (χ0) is 35.6. The molecule has 250 valence electrons. The molecule has 1 heterocycles. The van der Waals surface area contributed by atoms with E-state index in [4.69, 9.17) is 15.0 Å². The molecule has 0 fully saturated rings. The highest BCUT2D eigenvalue weighted by Crippen LogP contribution is 2.34. The van der Waals surface area contributed by atoms with Crippen molar-refractivity contribution < 1.29 is 0 Å². The molecule has 1 aliphatic carbocycles. The SMILES string of the molecule is N=C1/C(=N\Nc2ccccc2)C=Cc2ccc3ccc(-c4cccc(-c5nc(-c6ccccc6)nc(-c6ccc(-c7ccccc7)cc6)n5)c4)cc3c21. The van der Waals surface area contributed by atoms with Gasteiger partial charge in [-0.25, -0.2) is 15.0 Å². The number of hydrazone groups is 1. The summed E-state index contributed by atoms with van der Waals surface area (Å²) in [6.45, 7) is 0. The van der Waals surface area contributed by atoms with E-state index in [1.807, 2.05) is 103 Å². The van der Waals surface area contributed by atoms with Gasteiger partial charge in [0.05, 0.1) is 11.4 Å². The van der Waals surface area contributed by atoms with Crippen molar-refractivity contribution in [1.29, 1.82) is 5.41 Å². The molecule has 0 spiro atoms. The van der Waals surface area contributed by atoms with Gasteiger partial charge in [0.1, 0.15) is 5.71 Å². The lowest BCUT2D eigenvalue weighted by atomic mass is 9.88. The largest absolute Gasteiger partial charge is 0.298 e. The molecule has 0 saturated heterocycles. The summed E-state index contributed by atoms with van der Waals surface area (Å²) in [6.07, 6.45) is 3.92. The number of nitrogens with zero attached hydrogens (tertiary/aromatic N) is 4. The summed E-state index contributed by atoms with van der Waals surface area (Å²) < 4.78 is 0. The first-order chi connectivity index (χ1) is 26.2. The van der Waals surface area contributed by atoms with Gasteiger partial charge in [-0.15, -0.1) is 0 Å².